The molecule has 0 saturated heterocycles. The van der Waals surface area contributed by atoms with E-state index in [0.29, 0.717) is 6.61 Å². The zero-order valence-corrected chi connectivity index (χ0v) is 13.1. The van der Waals surface area contributed by atoms with Crippen LogP contribution in [0.3, 0.4) is 0 Å². The molecule has 2 heterocycles. The topological polar surface area (TPSA) is 12.5 Å². The summed E-state index contributed by atoms with van der Waals surface area (Å²) in [7, 11) is 2.16. The molecule has 0 bridgehead atoms. The van der Waals surface area contributed by atoms with E-state index in [2.05, 4.69) is 28.8 Å². The smallest absolute Gasteiger partial charge is 0.123 e. The van der Waals surface area contributed by atoms with Gasteiger partial charge in [0, 0.05) is 23.7 Å². The molecule has 0 atom stereocenters. The molecule has 0 aliphatic carbocycles. The Hall–Kier alpha value is -1.03. The lowest BCUT2D eigenvalue weighted by atomic mass is 10.0. The molecule has 20 heavy (non-hydrogen) atoms. The number of hydrogen-bond donors (Lipinski definition) is 0. The SMILES string of the molecule is CN1CCc2c(Cl)ccc(OCc3ccsc3)c2CC1. The fraction of sp³-hybridized carbons (Fsp3) is 0.375. The zero-order chi connectivity index (χ0) is 13.9. The molecule has 0 fully saturated rings. The third-order valence-corrected chi connectivity index (χ3v) is 4.88. The van der Waals surface area contributed by atoms with E-state index in [1.165, 1.54) is 16.7 Å². The molecule has 2 aromatic rings. The van der Waals surface area contributed by atoms with Crippen LogP contribution in [0.5, 0.6) is 5.75 Å². The molecule has 0 saturated carbocycles. The van der Waals surface area contributed by atoms with Gasteiger partial charge < -0.3 is 9.64 Å². The third kappa shape index (κ3) is 3.00. The van der Waals surface area contributed by atoms with Crippen LogP contribution in [-0.4, -0.2) is 25.0 Å². The van der Waals surface area contributed by atoms with Crippen molar-refractivity contribution in [3.8, 4) is 5.75 Å². The van der Waals surface area contributed by atoms with Gasteiger partial charge in [0.2, 0.25) is 0 Å². The highest BCUT2D eigenvalue weighted by atomic mass is 35.5. The van der Waals surface area contributed by atoms with E-state index in [1.54, 1.807) is 11.3 Å². The molecule has 0 amide bonds. The summed E-state index contributed by atoms with van der Waals surface area (Å²) in [5.74, 6) is 0.992. The number of benzene rings is 1. The molecule has 0 spiro atoms. The number of fused-ring (bicyclic) bond motifs is 1. The van der Waals surface area contributed by atoms with Gasteiger partial charge in [0.1, 0.15) is 12.4 Å². The molecule has 0 radical (unpaired) electrons. The Morgan fingerprint density at radius 1 is 1.20 bits per heavy atom. The maximum atomic E-state index is 6.36. The molecule has 1 aromatic heterocycles. The van der Waals surface area contributed by atoms with Gasteiger partial charge in [-0.25, -0.2) is 0 Å². The van der Waals surface area contributed by atoms with Crippen LogP contribution < -0.4 is 4.74 Å². The first-order valence-corrected chi connectivity index (χ1v) is 8.19. The van der Waals surface area contributed by atoms with Crippen molar-refractivity contribution in [2.45, 2.75) is 19.4 Å². The summed E-state index contributed by atoms with van der Waals surface area (Å²) >= 11 is 8.06. The van der Waals surface area contributed by atoms with Crippen molar-refractivity contribution in [2.24, 2.45) is 0 Å². The summed E-state index contributed by atoms with van der Waals surface area (Å²) < 4.78 is 6.02. The third-order valence-electron chi connectivity index (χ3n) is 3.79. The van der Waals surface area contributed by atoms with E-state index >= 15 is 0 Å². The maximum absolute atomic E-state index is 6.36. The van der Waals surface area contributed by atoms with Gasteiger partial charge in [-0.2, -0.15) is 11.3 Å². The van der Waals surface area contributed by atoms with Crippen LogP contribution in [0.2, 0.25) is 5.02 Å². The Bertz CT molecular complexity index is 582. The average molecular weight is 308 g/mol. The molecule has 0 N–H and O–H groups in total. The molecular weight excluding hydrogens is 290 g/mol. The first-order chi connectivity index (χ1) is 9.74. The van der Waals surface area contributed by atoms with Crippen LogP contribution in [0.15, 0.2) is 29.0 Å². The second-order valence-electron chi connectivity index (χ2n) is 5.23. The van der Waals surface area contributed by atoms with Gasteiger partial charge in [-0.15, -0.1) is 0 Å². The number of thiophene rings is 1. The first-order valence-electron chi connectivity index (χ1n) is 6.86. The number of ether oxygens (including phenoxy) is 1. The zero-order valence-electron chi connectivity index (χ0n) is 11.6. The Labute approximate surface area is 128 Å². The number of likely N-dealkylation sites (N-methyl/N-ethyl adjacent to an activating group) is 1. The highest BCUT2D eigenvalue weighted by Gasteiger charge is 2.18. The van der Waals surface area contributed by atoms with Crippen molar-refractivity contribution in [1.82, 2.24) is 4.90 Å². The Balaban J connectivity index is 1.84. The van der Waals surface area contributed by atoms with Crippen LogP contribution in [-0.2, 0) is 19.4 Å². The molecule has 4 heteroatoms. The van der Waals surface area contributed by atoms with Gasteiger partial charge in [0.25, 0.3) is 0 Å². The summed E-state index contributed by atoms with van der Waals surface area (Å²) in [6, 6.07) is 6.08. The quantitative estimate of drug-likeness (QED) is 0.849. The minimum absolute atomic E-state index is 0.632. The van der Waals surface area contributed by atoms with Gasteiger partial charge in [0.05, 0.1) is 0 Å². The van der Waals surface area contributed by atoms with E-state index in [-0.39, 0.29) is 0 Å². The van der Waals surface area contributed by atoms with Gasteiger partial charge in [-0.05, 0) is 60.0 Å². The van der Waals surface area contributed by atoms with Crippen molar-refractivity contribution < 1.29 is 4.74 Å². The normalized spacial score (nSPS) is 15.7. The predicted octanol–water partition coefficient (Wildman–Crippen LogP) is 4.01. The lowest BCUT2D eigenvalue weighted by Crippen LogP contribution is -2.20. The Morgan fingerprint density at radius 3 is 2.75 bits per heavy atom. The van der Waals surface area contributed by atoms with Gasteiger partial charge in [-0.3, -0.25) is 0 Å². The van der Waals surface area contributed by atoms with Gasteiger partial charge in [-0.1, -0.05) is 11.6 Å². The van der Waals surface area contributed by atoms with Gasteiger partial charge in [0.15, 0.2) is 0 Å². The first kappa shape index (κ1) is 13.9. The average Bonchev–Trinajstić information content (AvgIpc) is 2.88. The number of rotatable bonds is 3. The maximum Gasteiger partial charge on any atom is 0.123 e. The second-order valence-corrected chi connectivity index (χ2v) is 6.41. The van der Waals surface area contributed by atoms with E-state index in [0.717, 1.165) is 36.7 Å². The fourth-order valence-electron chi connectivity index (χ4n) is 2.58. The molecule has 0 unspecified atom stereocenters. The van der Waals surface area contributed by atoms with Crippen molar-refractivity contribution in [3.05, 3.63) is 50.7 Å². The molecule has 2 nitrogen and oxygen atoms in total. The van der Waals surface area contributed by atoms with Crippen molar-refractivity contribution in [2.75, 3.05) is 20.1 Å². The summed E-state index contributed by atoms with van der Waals surface area (Å²) in [5, 5.41) is 5.08. The summed E-state index contributed by atoms with van der Waals surface area (Å²) in [6.45, 7) is 2.75. The molecule has 1 aliphatic rings. The Morgan fingerprint density at radius 2 is 2.00 bits per heavy atom. The fourth-order valence-corrected chi connectivity index (χ4v) is 3.50. The van der Waals surface area contributed by atoms with E-state index in [1.807, 2.05) is 12.1 Å². The Kier molecular flexibility index (Phi) is 4.29. The number of hydrogen-bond acceptors (Lipinski definition) is 3. The number of nitrogens with zero attached hydrogens (tertiary/aromatic N) is 1. The van der Waals surface area contributed by atoms with Crippen molar-refractivity contribution in [3.63, 3.8) is 0 Å². The lowest BCUT2D eigenvalue weighted by Gasteiger charge is -2.14. The lowest BCUT2D eigenvalue weighted by molar-refractivity contribution is 0.301. The molecule has 1 aromatic carbocycles. The molecule has 3 rings (SSSR count). The standard InChI is InChI=1S/C16H18ClNOS/c1-18-7-4-13-14(5-8-18)16(3-2-15(13)17)19-10-12-6-9-20-11-12/h2-3,6,9,11H,4-5,7-8,10H2,1H3. The van der Waals surface area contributed by atoms with Crippen LogP contribution in [0.25, 0.3) is 0 Å². The molecule has 106 valence electrons. The van der Waals surface area contributed by atoms with Crippen LogP contribution >= 0.6 is 22.9 Å². The number of halogens is 1. The van der Waals surface area contributed by atoms with Gasteiger partial charge >= 0.3 is 0 Å². The molecule has 1 aliphatic heterocycles. The largest absolute Gasteiger partial charge is 0.489 e. The minimum Gasteiger partial charge on any atom is -0.489 e. The second kappa shape index (κ2) is 6.17. The summed E-state index contributed by atoms with van der Waals surface area (Å²) in [5.41, 5.74) is 3.78. The van der Waals surface area contributed by atoms with Crippen LogP contribution in [0.1, 0.15) is 16.7 Å². The predicted molar refractivity (Wildman–Crippen MR) is 85.0 cm³/mol. The highest BCUT2D eigenvalue weighted by Crippen LogP contribution is 2.32. The summed E-state index contributed by atoms with van der Waals surface area (Å²) in [6.07, 6.45) is 2.01. The molecular formula is C16H18ClNOS. The van der Waals surface area contributed by atoms with E-state index in [9.17, 15) is 0 Å². The van der Waals surface area contributed by atoms with E-state index in [4.69, 9.17) is 16.3 Å². The minimum atomic E-state index is 0.632. The van der Waals surface area contributed by atoms with Crippen molar-refractivity contribution in [1.29, 1.82) is 0 Å². The van der Waals surface area contributed by atoms with Crippen LogP contribution in [0, 0.1) is 0 Å². The van der Waals surface area contributed by atoms with Crippen LogP contribution in [0.4, 0.5) is 0 Å². The monoisotopic (exact) mass is 307 g/mol. The summed E-state index contributed by atoms with van der Waals surface area (Å²) in [4.78, 5) is 2.35. The van der Waals surface area contributed by atoms with Crippen molar-refractivity contribution >= 4 is 22.9 Å². The van der Waals surface area contributed by atoms with E-state index < -0.39 is 0 Å². The highest BCUT2D eigenvalue weighted by molar-refractivity contribution is 7.07.